The van der Waals surface area contributed by atoms with E-state index in [2.05, 4.69) is 48.1 Å². The van der Waals surface area contributed by atoms with Crippen molar-refractivity contribution in [3.63, 3.8) is 0 Å². The number of fused-ring (bicyclic) bond motifs is 2. The Balaban J connectivity index is 1.37. The summed E-state index contributed by atoms with van der Waals surface area (Å²) in [5.41, 5.74) is 3.06. The summed E-state index contributed by atoms with van der Waals surface area (Å²) in [4.78, 5) is 12.9. The molecule has 0 radical (unpaired) electrons. The van der Waals surface area contributed by atoms with E-state index in [1.807, 2.05) is 0 Å². The summed E-state index contributed by atoms with van der Waals surface area (Å²) < 4.78 is 0. The number of carbonyl (C=O) groups excluding carboxylic acids is 1. The fourth-order valence-corrected chi connectivity index (χ4v) is 11.1. The van der Waals surface area contributed by atoms with Crippen LogP contribution in [-0.4, -0.2) is 17.5 Å². The number of hydrogen-bond acceptors (Lipinski definition) is 2. The molecule has 5 aliphatic rings. The first-order valence-corrected chi connectivity index (χ1v) is 14.2. The molecule has 9 atom stereocenters. The second kappa shape index (κ2) is 7.44. The van der Waals surface area contributed by atoms with Crippen LogP contribution in [0.2, 0.25) is 0 Å². The number of hydrogen-bond donors (Lipinski definition) is 1. The minimum absolute atomic E-state index is 0.102. The summed E-state index contributed by atoms with van der Waals surface area (Å²) in [6.45, 7) is 19.0. The van der Waals surface area contributed by atoms with Crippen LogP contribution in [0.5, 0.6) is 0 Å². The molecule has 1 N–H and O–H groups in total. The Morgan fingerprint density at radius 2 is 1.64 bits per heavy atom. The lowest BCUT2D eigenvalue weighted by atomic mass is 9.42. The van der Waals surface area contributed by atoms with Gasteiger partial charge in [-0.05, 0) is 115 Å². The van der Waals surface area contributed by atoms with E-state index in [0.717, 1.165) is 30.6 Å². The molecule has 0 aromatic rings. The molecule has 0 aromatic carbocycles. The molecule has 0 heterocycles. The highest BCUT2D eigenvalue weighted by Crippen LogP contribution is 2.88. The van der Waals surface area contributed by atoms with Crippen LogP contribution in [0.4, 0.5) is 0 Å². The Kier molecular flexibility index (Phi) is 5.43. The van der Waals surface area contributed by atoms with Crippen molar-refractivity contribution in [2.45, 2.75) is 112 Å². The smallest absolute Gasteiger partial charge is 0.138 e. The second-order valence-corrected chi connectivity index (χ2v) is 14.6. The van der Waals surface area contributed by atoms with E-state index >= 15 is 0 Å². The van der Waals surface area contributed by atoms with Crippen LogP contribution >= 0.6 is 0 Å². The molecule has 0 amide bonds. The highest BCUT2D eigenvalue weighted by atomic mass is 16.3. The van der Waals surface area contributed by atoms with E-state index in [1.54, 1.807) is 0 Å². The van der Waals surface area contributed by atoms with Gasteiger partial charge in [0.05, 0.1) is 0 Å². The van der Waals surface area contributed by atoms with Crippen LogP contribution in [0.3, 0.4) is 0 Å². The van der Waals surface area contributed by atoms with Crippen LogP contribution in [0.25, 0.3) is 0 Å². The normalized spacial score (nSPS) is 49.3. The maximum atomic E-state index is 12.9. The van der Waals surface area contributed by atoms with Crippen LogP contribution in [-0.2, 0) is 4.79 Å². The molecule has 186 valence electrons. The van der Waals surface area contributed by atoms with Crippen molar-refractivity contribution in [2.75, 3.05) is 6.61 Å². The van der Waals surface area contributed by atoms with Gasteiger partial charge in [-0.3, -0.25) is 4.79 Å². The van der Waals surface area contributed by atoms with Gasteiger partial charge < -0.3 is 5.11 Å². The predicted octanol–water partition coefficient (Wildman–Crippen LogP) is 7.60. The molecule has 5 aliphatic carbocycles. The number of aliphatic hydroxyl groups is 1. The van der Waals surface area contributed by atoms with E-state index in [1.165, 1.54) is 63.4 Å². The minimum Gasteiger partial charge on any atom is -0.396 e. The summed E-state index contributed by atoms with van der Waals surface area (Å²) in [6.07, 6.45) is 14.0. The molecule has 0 bridgehead atoms. The number of Topliss-reactive ketones (excluding diaryl/α,β-unsaturated/α-hetero) is 1. The Labute approximate surface area is 203 Å². The van der Waals surface area contributed by atoms with Gasteiger partial charge in [-0.2, -0.15) is 0 Å². The second-order valence-electron chi connectivity index (χ2n) is 14.6. The number of aliphatic hydroxyl groups excluding tert-OH is 1. The van der Waals surface area contributed by atoms with Gasteiger partial charge in [0.1, 0.15) is 5.78 Å². The lowest BCUT2D eigenvalue weighted by molar-refractivity contribution is -0.157. The van der Waals surface area contributed by atoms with Gasteiger partial charge in [0.15, 0.2) is 0 Å². The van der Waals surface area contributed by atoms with Gasteiger partial charge >= 0.3 is 0 Å². The highest BCUT2D eigenvalue weighted by molar-refractivity contribution is 5.86. The van der Waals surface area contributed by atoms with E-state index < -0.39 is 0 Å². The SMILES string of the molecule is C=C(CC[C@@H](C)[C@H]1CC[C@@]2(C)[C@@H]3CC[C@H]4C(C)(C)C(=O)CC[C@@]45C[C@@]35CC[C@]12C)[C@H](C)CO. The zero-order valence-electron chi connectivity index (χ0n) is 22.4. The van der Waals surface area contributed by atoms with Crippen LogP contribution in [0.1, 0.15) is 112 Å². The molecule has 2 spiro atoms. The largest absolute Gasteiger partial charge is 0.396 e. The summed E-state index contributed by atoms with van der Waals surface area (Å²) in [5, 5.41) is 9.50. The number of rotatable bonds is 6. The van der Waals surface area contributed by atoms with Gasteiger partial charge in [-0.1, -0.05) is 53.7 Å². The fraction of sp³-hybridized carbons (Fsp3) is 0.903. The lowest BCUT2D eigenvalue weighted by Crippen LogP contribution is -2.57. The molecule has 33 heavy (non-hydrogen) atoms. The summed E-state index contributed by atoms with van der Waals surface area (Å²) in [6, 6.07) is 0. The van der Waals surface area contributed by atoms with E-state index in [-0.39, 0.29) is 17.9 Å². The zero-order valence-corrected chi connectivity index (χ0v) is 22.4. The molecule has 0 saturated heterocycles. The van der Waals surface area contributed by atoms with Gasteiger partial charge in [0, 0.05) is 18.4 Å². The third kappa shape index (κ3) is 2.91. The first-order valence-electron chi connectivity index (χ1n) is 14.2. The van der Waals surface area contributed by atoms with E-state index in [9.17, 15) is 9.90 Å². The maximum absolute atomic E-state index is 12.9. The molecule has 0 aliphatic heterocycles. The fourth-order valence-electron chi connectivity index (χ4n) is 11.1. The number of carbonyl (C=O) groups is 1. The maximum Gasteiger partial charge on any atom is 0.138 e. The lowest BCUT2D eigenvalue weighted by Gasteiger charge is -2.62. The first kappa shape index (κ1) is 24.1. The van der Waals surface area contributed by atoms with Crippen molar-refractivity contribution in [1.29, 1.82) is 0 Å². The topological polar surface area (TPSA) is 37.3 Å². The Morgan fingerprint density at radius 1 is 0.970 bits per heavy atom. The average molecular weight is 455 g/mol. The molecule has 2 nitrogen and oxygen atoms in total. The molecule has 0 aromatic heterocycles. The zero-order chi connectivity index (χ0) is 24.0. The quantitative estimate of drug-likeness (QED) is 0.420. The van der Waals surface area contributed by atoms with Gasteiger partial charge in [-0.15, -0.1) is 0 Å². The standard InChI is InChI=1S/C31H50O2/c1-20(22(3)18-32)8-9-21(2)23-12-14-29(7)25-11-10-24-27(4,5)26(33)13-15-30(24)19-31(25,30)17-16-28(23,29)6/h21-25,32H,1,8-19H2,2-7H3/t21-,22-,23-,24+,25+,28-,29+,30-,31+/m1/s1. The average Bonchev–Trinajstić information content (AvgIpc) is 3.36. The van der Waals surface area contributed by atoms with Crippen molar-refractivity contribution in [2.24, 2.45) is 56.7 Å². The van der Waals surface area contributed by atoms with E-state index in [0.29, 0.717) is 33.4 Å². The molecule has 5 fully saturated rings. The Bertz CT molecular complexity index is 842. The summed E-state index contributed by atoms with van der Waals surface area (Å²) >= 11 is 0. The summed E-state index contributed by atoms with van der Waals surface area (Å²) in [5.74, 6) is 3.80. The Hall–Kier alpha value is -0.630. The van der Waals surface area contributed by atoms with Crippen molar-refractivity contribution >= 4 is 5.78 Å². The van der Waals surface area contributed by atoms with Crippen molar-refractivity contribution in [1.82, 2.24) is 0 Å². The van der Waals surface area contributed by atoms with Crippen molar-refractivity contribution < 1.29 is 9.90 Å². The predicted molar refractivity (Wildman–Crippen MR) is 136 cm³/mol. The molecular formula is C31H50O2. The monoisotopic (exact) mass is 454 g/mol. The van der Waals surface area contributed by atoms with Crippen LogP contribution < -0.4 is 0 Å². The van der Waals surface area contributed by atoms with E-state index in [4.69, 9.17) is 0 Å². The third-order valence-electron chi connectivity index (χ3n) is 13.5. The highest BCUT2D eigenvalue weighted by Gasteiger charge is 2.82. The molecule has 5 rings (SSSR count). The van der Waals surface area contributed by atoms with Crippen LogP contribution in [0, 0.1) is 56.7 Å². The molecule has 5 saturated carbocycles. The van der Waals surface area contributed by atoms with Crippen molar-refractivity contribution in [3.8, 4) is 0 Å². The molecule has 0 unspecified atom stereocenters. The van der Waals surface area contributed by atoms with Crippen molar-refractivity contribution in [3.05, 3.63) is 12.2 Å². The molecular weight excluding hydrogens is 404 g/mol. The van der Waals surface area contributed by atoms with Crippen LogP contribution in [0.15, 0.2) is 12.2 Å². The summed E-state index contributed by atoms with van der Waals surface area (Å²) in [7, 11) is 0. The first-order chi connectivity index (χ1) is 15.4. The van der Waals surface area contributed by atoms with Gasteiger partial charge in [0.25, 0.3) is 0 Å². The van der Waals surface area contributed by atoms with Gasteiger partial charge in [-0.25, -0.2) is 0 Å². The Morgan fingerprint density at radius 3 is 2.33 bits per heavy atom. The third-order valence-corrected chi connectivity index (χ3v) is 13.5. The van der Waals surface area contributed by atoms with Gasteiger partial charge in [0.2, 0.25) is 0 Å². The molecule has 2 heteroatoms. The number of ketones is 1. The minimum atomic E-state index is -0.102.